The van der Waals surface area contributed by atoms with Crippen molar-refractivity contribution in [1.82, 2.24) is 14.9 Å². The first kappa shape index (κ1) is 14.2. The monoisotopic (exact) mass is 284 g/mol. The van der Waals surface area contributed by atoms with Crippen LogP contribution in [0.2, 0.25) is 0 Å². The molecule has 0 spiro atoms. The highest BCUT2D eigenvalue weighted by atomic mass is 32.2. The Balaban J connectivity index is 1.94. The number of nitrogens with two attached hydrogens (primary N) is 1. The second kappa shape index (κ2) is 6.79. The lowest BCUT2D eigenvalue weighted by Crippen LogP contribution is -2.17. The molecule has 0 unspecified atom stereocenters. The van der Waals surface area contributed by atoms with E-state index in [0.29, 0.717) is 11.1 Å². The van der Waals surface area contributed by atoms with Gasteiger partial charge in [0.25, 0.3) is 0 Å². The Labute approximate surface area is 116 Å². The number of hydrogen-bond acceptors (Lipinski definition) is 5. The van der Waals surface area contributed by atoms with Crippen LogP contribution in [0.25, 0.3) is 0 Å². The van der Waals surface area contributed by atoms with Crippen molar-refractivity contribution in [3.8, 4) is 0 Å². The first-order chi connectivity index (χ1) is 9.16. The van der Waals surface area contributed by atoms with E-state index < -0.39 is 5.97 Å². The summed E-state index contributed by atoms with van der Waals surface area (Å²) in [5, 5.41) is 17.2. The molecule has 0 aromatic carbocycles. The quantitative estimate of drug-likeness (QED) is 0.485. The van der Waals surface area contributed by atoms with Crippen molar-refractivity contribution in [3.05, 3.63) is 5.82 Å². The summed E-state index contributed by atoms with van der Waals surface area (Å²) in [6.07, 6.45) is 8.51. The summed E-state index contributed by atoms with van der Waals surface area (Å²) in [4.78, 5) is 10.5. The van der Waals surface area contributed by atoms with Crippen LogP contribution in [0, 0.1) is 5.92 Å². The summed E-state index contributed by atoms with van der Waals surface area (Å²) in [7, 11) is 0. The van der Waals surface area contributed by atoms with Crippen molar-refractivity contribution in [3.63, 3.8) is 0 Å². The first-order valence-electron chi connectivity index (χ1n) is 6.71. The molecular formula is C12H20N4O2S. The fourth-order valence-electron chi connectivity index (χ4n) is 2.50. The van der Waals surface area contributed by atoms with Crippen molar-refractivity contribution in [2.75, 3.05) is 11.6 Å². The molecule has 0 bridgehead atoms. The van der Waals surface area contributed by atoms with E-state index in [9.17, 15) is 4.79 Å². The number of rotatable bonds is 5. The van der Waals surface area contributed by atoms with Gasteiger partial charge in [-0.05, 0) is 5.92 Å². The number of carboxylic acids is 1. The number of aliphatic carboxylic acids is 1. The Morgan fingerprint density at radius 2 is 2.00 bits per heavy atom. The number of nitrogens with zero attached hydrogens (tertiary/aromatic N) is 3. The van der Waals surface area contributed by atoms with Gasteiger partial charge in [-0.2, -0.15) is 0 Å². The van der Waals surface area contributed by atoms with E-state index >= 15 is 0 Å². The molecule has 0 atom stereocenters. The van der Waals surface area contributed by atoms with E-state index in [1.165, 1.54) is 43.2 Å². The van der Waals surface area contributed by atoms with E-state index in [2.05, 4.69) is 10.2 Å². The van der Waals surface area contributed by atoms with E-state index in [4.69, 9.17) is 10.9 Å². The first-order valence-corrected chi connectivity index (χ1v) is 7.69. The summed E-state index contributed by atoms with van der Waals surface area (Å²) in [6, 6.07) is 0. The predicted octanol–water partition coefficient (Wildman–Crippen LogP) is 1.68. The van der Waals surface area contributed by atoms with Gasteiger partial charge in [-0.3, -0.25) is 4.79 Å². The van der Waals surface area contributed by atoms with Gasteiger partial charge in [0, 0.05) is 6.42 Å². The second-order valence-corrected chi connectivity index (χ2v) is 5.96. The molecule has 1 aromatic heterocycles. The van der Waals surface area contributed by atoms with Crippen LogP contribution in [-0.2, 0) is 11.2 Å². The average molecular weight is 284 g/mol. The number of hydrogen-bond donors (Lipinski definition) is 2. The largest absolute Gasteiger partial charge is 0.481 e. The zero-order chi connectivity index (χ0) is 13.7. The third-order valence-corrected chi connectivity index (χ3v) is 4.43. The van der Waals surface area contributed by atoms with E-state index in [1.54, 1.807) is 0 Å². The smallest absolute Gasteiger partial charge is 0.313 e. The number of nitrogen functional groups attached to an aromatic ring is 1. The molecule has 3 N–H and O–H groups in total. The molecule has 6 nitrogen and oxygen atoms in total. The highest BCUT2D eigenvalue weighted by Crippen LogP contribution is 2.26. The molecule has 1 heterocycles. The lowest BCUT2D eigenvalue weighted by atomic mass is 9.96. The fraction of sp³-hybridized carbons (Fsp3) is 0.750. The number of aromatic nitrogens is 3. The highest BCUT2D eigenvalue weighted by Gasteiger charge is 2.18. The van der Waals surface area contributed by atoms with Crippen LogP contribution in [0.1, 0.15) is 44.3 Å². The minimum absolute atomic E-state index is 0.0429. The minimum atomic E-state index is -0.877. The maximum Gasteiger partial charge on any atom is 0.313 e. The van der Waals surface area contributed by atoms with Crippen LogP contribution in [0.3, 0.4) is 0 Å². The number of carboxylic acid groups (broad SMARTS) is 1. The van der Waals surface area contributed by atoms with Gasteiger partial charge in [0.15, 0.2) is 5.82 Å². The molecule has 0 aliphatic heterocycles. The Hall–Kier alpha value is -1.24. The number of thioether (sulfide) groups is 1. The standard InChI is InChI=1S/C12H20N4O2S/c13-16-10(7-9-5-3-1-2-4-6-9)14-15-12(16)19-8-11(17)18/h9H,1-8,13H2,(H,17,18). The van der Waals surface area contributed by atoms with Crippen molar-refractivity contribution in [2.45, 2.75) is 50.1 Å². The van der Waals surface area contributed by atoms with Crippen LogP contribution in [0.4, 0.5) is 0 Å². The van der Waals surface area contributed by atoms with E-state index in [0.717, 1.165) is 24.0 Å². The van der Waals surface area contributed by atoms with Crippen LogP contribution >= 0.6 is 11.8 Å². The van der Waals surface area contributed by atoms with Gasteiger partial charge in [-0.25, -0.2) is 4.68 Å². The molecule has 0 amide bonds. The topological polar surface area (TPSA) is 94.0 Å². The summed E-state index contributed by atoms with van der Waals surface area (Å²) >= 11 is 1.11. The third kappa shape index (κ3) is 4.12. The normalized spacial score (nSPS) is 17.3. The highest BCUT2D eigenvalue weighted by molar-refractivity contribution is 7.99. The van der Waals surface area contributed by atoms with Gasteiger partial charge < -0.3 is 10.9 Å². The van der Waals surface area contributed by atoms with Gasteiger partial charge in [0.2, 0.25) is 5.16 Å². The summed E-state index contributed by atoms with van der Waals surface area (Å²) in [5.41, 5.74) is 0. The zero-order valence-corrected chi connectivity index (χ0v) is 11.7. The van der Waals surface area contributed by atoms with Gasteiger partial charge in [-0.1, -0.05) is 50.3 Å². The molecule has 7 heteroatoms. The molecule has 2 rings (SSSR count). The van der Waals surface area contributed by atoms with Crippen molar-refractivity contribution in [2.24, 2.45) is 5.92 Å². The lowest BCUT2D eigenvalue weighted by molar-refractivity contribution is -0.133. The lowest BCUT2D eigenvalue weighted by Gasteiger charge is -2.12. The molecule has 0 radical (unpaired) electrons. The maximum atomic E-state index is 10.5. The molecule has 1 aliphatic rings. The van der Waals surface area contributed by atoms with E-state index in [1.807, 2.05) is 0 Å². The molecule has 1 aromatic rings. The van der Waals surface area contributed by atoms with Crippen molar-refractivity contribution in [1.29, 1.82) is 0 Å². The van der Waals surface area contributed by atoms with Crippen LogP contribution in [0.15, 0.2) is 5.16 Å². The van der Waals surface area contributed by atoms with Crippen molar-refractivity contribution >= 4 is 17.7 Å². The van der Waals surface area contributed by atoms with Gasteiger partial charge in [0.1, 0.15) is 0 Å². The number of carbonyl (C=O) groups is 1. The summed E-state index contributed by atoms with van der Waals surface area (Å²) in [5.74, 6) is 6.40. The van der Waals surface area contributed by atoms with Crippen molar-refractivity contribution < 1.29 is 9.90 Å². The summed E-state index contributed by atoms with van der Waals surface area (Å²) in [6.45, 7) is 0. The SMILES string of the molecule is Nn1c(CC2CCCCCC2)nnc1SCC(=O)O. The average Bonchev–Trinajstić information content (AvgIpc) is 2.58. The van der Waals surface area contributed by atoms with Gasteiger partial charge in [0.05, 0.1) is 5.75 Å². The molecule has 1 saturated carbocycles. The molecular weight excluding hydrogens is 264 g/mol. The Kier molecular flexibility index (Phi) is 5.07. The fourth-order valence-corrected chi connectivity index (χ4v) is 3.09. The Morgan fingerprint density at radius 3 is 2.63 bits per heavy atom. The second-order valence-electron chi connectivity index (χ2n) is 5.01. The third-order valence-electron chi connectivity index (χ3n) is 3.51. The summed E-state index contributed by atoms with van der Waals surface area (Å²) < 4.78 is 1.44. The molecule has 19 heavy (non-hydrogen) atoms. The van der Waals surface area contributed by atoms with Gasteiger partial charge in [-0.15, -0.1) is 10.2 Å². The molecule has 0 saturated heterocycles. The van der Waals surface area contributed by atoms with E-state index in [-0.39, 0.29) is 5.75 Å². The van der Waals surface area contributed by atoms with Crippen LogP contribution < -0.4 is 5.84 Å². The predicted molar refractivity (Wildman–Crippen MR) is 73.4 cm³/mol. The minimum Gasteiger partial charge on any atom is -0.481 e. The van der Waals surface area contributed by atoms with Crippen LogP contribution in [0.5, 0.6) is 0 Å². The van der Waals surface area contributed by atoms with Crippen LogP contribution in [-0.4, -0.2) is 31.7 Å². The molecule has 1 aliphatic carbocycles. The maximum absolute atomic E-state index is 10.5. The zero-order valence-electron chi connectivity index (χ0n) is 10.9. The Morgan fingerprint density at radius 1 is 1.32 bits per heavy atom. The molecule has 1 fully saturated rings. The Bertz CT molecular complexity index is 427. The van der Waals surface area contributed by atoms with Gasteiger partial charge >= 0.3 is 5.97 Å². The molecule has 106 valence electrons.